The lowest BCUT2D eigenvalue weighted by atomic mass is 10.1. The van der Waals surface area contributed by atoms with E-state index in [9.17, 15) is 13.2 Å². The van der Waals surface area contributed by atoms with Gasteiger partial charge in [-0.1, -0.05) is 0 Å². The minimum Gasteiger partial charge on any atom is -0.350 e. The van der Waals surface area contributed by atoms with Gasteiger partial charge < -0.3 is 10.2 Å². The number of carbonyl (C=O) groups is 1. The Kier molecular flexibility index (Phi) is 5.30. The number of piperidine rings is 1. The number of likely N-dealkylation sites (N-methyl/N-ethyl adjacent to an activating group) is 1. The minimum atomic E-state index is -3.35. The number of aromatic nitrogens is 2. The summed E-state index contributed by atoms with van der Waals surface area (Å²) in [6, 6.07) is 1.73. The van der Waals surface area contributed by atoms with Crippen molar-refractivity contribution in [3.05, 3.63) is 18.5 Å². The number of sulfonamides is 1. The highest BCUT2D eigenvalue weighted by Gasteiger charge is 2.24. The summed E-state index contributed by atoms with van der Waals surface area (Å²) in [4.78, 5) is 22.4. The predicted octanol–water partition coefficient (Wildman–Crippen LogP) is -0.547. The second-order valence-electron chi connectivity index (χ2n) is 5.42. The zero-order valence-corrected chi connectivity index (χ0v) is 13.6. The number of nitrogens with zero attached hydrogens (tertiary/aromatic N) is 4. The summed E-state index contributed by atoms with van der Waals surface area (Å²) in [5.41, 5.74) is 0. The van der Waals surface area contributed by atoms with Crippen LogP contribution >= 0.6 is 0 Å². The molecule has 0 radical (unpaired) electrons. The molecule has 0 spiro atoms. The Labute approximate surface area is 130 Å². The first kappa shape index (κ1) is 16.6. The van der Waals surface area contributed by atoms with E-state index in [1.165, 1.54) is 7.05 Å². The summed E-state index contributed by atoms with van der Waals surface area (Å²) in [6.07, 6.45) is 6.23. The highest BCUT2D eigenvalue weighted by atomic mass is 32.2. The number of amides is 1. The Balaban J connectivity index is 1.89. The molecule has 1 saturated heterocycles. The largest absolute Gasteiger partial charge is 0.350 e. The summed E-state index contributed by atoms with van der Waals surface area (Å²) in [5, 5.41) is 2.88. The van der Waals surface area contributed by atoms with Crippen molar-refractivity contribution < 1.29 is 13.2 Å². The average Bonchev–Trinajstić information content (AvgIpc) is 2.47. The molecule has 1 aliphatic heterocycles. The lowest BCUT2D eigenvalue weighted by molar-refractivity contribution is -0.121. The van der Waals surface area contributed by atoms with E-state index >= 15 is 0 Å². The maximum Gasteiger partial charge on any atom is 0.235 e. The molecule has 0 unspecified atom stereocenters. The molecule has 1 aromatic rings. The van der Waals surface area contributed by atoms with E-state index in [1.807, 2.05) is 4.90 Å². The average molecular weight is 327 g/mol. The SMILES string of the molecule is CN(CC(=O)N[C@H]1CCCN(c2ncccn2)C1)S(C)(=O)=O. The molecule has 122 valence electrons. The highest BCUT2D eigenvalue weighted by Crippen LogP contribution is 2.15. The topological polar surface area (TPSA) is 95.5 Å². The molecule has 22 heavy (non-hydrogen) atoms. The van der Waals surface area contributed by atoms with Crippen molar-refractivity contribution in [3.63, 3.8) is 0 Å². The van der Waals surface area contributed by atoms with Crippen LogP contribution in [-0.2, 0) is 14.8 Å². The van der Waals surface area contributed by atoms with E-state index in [0.717, 1.165) is 29.9 Å². The second kappa shape index (κ2) is 7.01. The number of anilines is 1. The molecule has 1 N–H and O–H groups in total. The number of carbonyl (C=O) groups excluding carboxylic acids is 1. The van der Waals surface area contributed by atoms with E-state index < -0.39 is 10.0 Å². The van der Waals surface area contributed by atoms with Crippen LogP contribution in [0.15, 0.2) is 18.5 Å². The van der Waals surface area contributed by atoms with Gasteiger partial charge in [-0.05, 0) is 18.9 Å². The number of hydrogen-bond acceptors (Lipinski definition) is 6. The predicted molar refractivity (Wildman–Crippen MR) is 82.9 cm³/mol. The van der Waals surface area contributed by atoms with Gasteiger partial charge in [0, 0.05) is 38.6 Å². The van der Waals surface area contributed by atoms with Crippen molar-refractivity contribution in [1.82, 2.24) is 19.6 Å². The smallest absolute Gasteiger partial charge is 0.235 e. The Bertz CT molecular complexity index is 607. The van der Waals surface area contributed by atoms with Gasteiger partial charge in [-0.15, -0.1) is 0 Å². The summed E-state index contributed by atoms with van der Waals surface area (Å²) >= 11 is 0. The van der Waals surface area contributed by atoms with Gasteiger partial charge >= 0.3 is 0 Å². The summed E-state index contributed by atoms with van der Waals surface area (Å²) in [5.74, 6) is 0.350. The van der Waals surface area contributed by atoms with Gasteiger partial charge in [0.15, 0.2) is 0 Å². The fourth-order valence-corrected chi connectivity index (χ4v) is 2.68. The third-order valence-corrected chi connectivity index (χ3v) is 4.82. The van der Waals surface area contributed by atoms with Crippen molar-refractivity contribution in [2.45, 2.75) is 18.9 Å². The zero-order valence-electron chi connectivity index (χ0n) is 12.8. The third kappa shape index (κ3) is 4.63. The standard InChI is InChI=1S/C13H21N5O3S/c1-17(22(2,20)21)10-12(19)16-11-5-3-8-18(9-11)13-14-6-4-7-15-13/h4,6-7,11H,3,5,8-10H2,1-2H3,(H,16,19)/t11-/m0/s1. The first-order valence-electron chi connectivity index (χ1n) is 7.09. The van der Waals surface area contributed by atoms with Crippen LogP contribution in [0.4, 0.5) is 5.95 Å². The number of nitrogens with one attached hydrogen (secondary N) is 1. The van der Waals surface area contributed by atoms with Crippen LogP contribution in [0.5, 0.6) is 0 Å². The van der Waals surface area contributed by atoms with Gasteiger partial charge in [0.05, 0.1) is 12.8 Å². The molecule has 1 fully saturated rings. The Morgan fingerprint density at radius 3 is 2.77 bits per heavy atom. The van der Waals surface area contributed by atoms with Crippen LogP contribution in [0.2, 0.25) is 0 Å². The molecule has 1 aromatic heterocycles. The van der Waals surface area contributed by atoms with E-state index in [2.05, 4.69) is 15.3 Å². The van der Waals surface area contributed by atoms with Gasteiger partial charge in [0.2, 0.25) is 21.9 Å². The molecule has 0 saturated carbocycles. The van der Waals surface area contributed by atoms with Crippen LogP contribution < -0.4 is 10.2 Å². The fraction of sp³-hybridized carbons (Fsp3) is 0.615. The maximum absolute atomic E-state index is 11.9. The van der Waals surface area contributed by atoms with Crippen molar-refractivity contribution >= 4 is 21.9 Å². The van der Waals surface area contributed by atoms with Gasteiger partial charge in [-0.25, -0.2) is 18.4 Å². The van der Waals surface area contributed by atoms with Crippen molar-refractivity contribution in [2.75, 3.05) is 37.8 Å². The maximum atomic E-state index is 11.9. The molecule has 1 aliphatic rings. The molecule has 8 nitrogen and oxygen atoms in total. The molecule has 1 atom stereocenters. The lowest BCUT2D eigenvalue weighted by Crippen LogP contribution is -2.50. The number of hydrogen-bond donors (Lipinski definition) is 1. The van der Waals surface area contributed by atoms with Crippen LogP contribution in [0.3, 0.4) is 0 Å². The van der Waals surface area contributed by atoms with Crippen molar-refractivity contribution in [1.29, 1.82) is 0 Å². The normalized spacial score (nSPS) is 19.2. The Morgan fingerprint density at radius 2 is 2.14 bits per heavy atom. The van der Waals surface area contributed by atoms with Crippen LogP contribution in [0.25, 0.3) is 0 Å². The minimum absolute atomic E-state index is 0.0296. The van der Waals surface area contributed by atoms with Crippen molar-refractivity contribution in [2.24, 2.45) is 0 Å². The molecule has 1 amide bonds. The van der Waals surface area contributed by atoms with E-state index in [-0.39, 0.29) is 18.5 Å². The zero-order chi connectivity index (χ0) is 16.2. The third-order valence-electron chi connectivity index (χ3n) is 3.55. The molecule has 9 heteroatoms. The summed E-state index contributed by atoms with van der Waals surface area (Å²) < 4.78 is 23.7. The molecule has 2 rings (SSSR count). The fourth-order valence-electron chi connectivity index (χ4n) is 2.32. The highest BCUT2D eigenvalue weighted by molar-refractivity contribution is 7.88. The summed E-state index contributed by atoms with van der Waals surface area (Å²) in [7, 11) is -1.96. The van der Waals surface area contributed by atoms with E-state index in [0.29, 0.717) is 12.5 Å². The molecular formula is C13H21N5O3S. The Hall–Kier alpha value is -1.74. The Morgan fingerprint density at radius 1 is 1.45 bits per heavy atom. The number of rotatable bonds is 5. The quantitative estimate of drug-likeness (QED) is 0.780. The first-order valence-corrected chi connectivity index (χ1v) is 8.94. The van der Waals surface area contributed by atoms with E-state index in [1.54, 1.807) is 18.5 Å². The summed E-state index contributed by atoms with van der Waals surface area (Å²) in [6.45, 7) is 1.30. The molecule has 0 aliphatic carbocycles. The van der Waals surface area contributed by atoms with Crippen molar-refractivity contribution in [3.8, 4) is 0 Å². The molecule has 0 aromatic carbocycles. The molecule has 0 bridgehead atoms. The second-order valence-corrected chi connectivity index (χ2v) is 7.51. The molecule has 2 heterocycles. The monoisotopic (exact) mass is 327 g/mol. The van der Waals surface area contributed by atoms with Gasteiger partial charge in [-0.3, -0.25) is 4.79 Å². The van der Waals surface area contributed by atoms with Gasteiger partial charge in [0.1, 0.15) is 0 Å². The van der Waals surface area contributed by atoms with E-state index in [4.69, 9.17) is 0 Å². The van der Waals surface area contributed by atoms with Crippen LogP contribution in [0, 0.1) is 0 Å². The molecular weight excluding hydrogens is 306 g/mol. The van der Waals surface area contributed by atoms with Gasteiger partial charge in [-0.2, -0.15) is 4.31 Å². The van der Waals surface area contributed by atoms with Crippen LogP contribution in [-0.4, -0.2) is 67.6 Å². The lowest BCUT2D eigenvalue weighted by Gasteiger charge is -2.33. The van der Waals surface area contributed by atoms with Gasteiger partial charge in [0.25, 0.3) is 0 Å². The first-order chi connectivity index (χ1) is 10.4. The van der Waals surface area contributed by atoms with Crippen LogP contribution in [0.1, 0.15) is 12.8 Å².